The van der Waals surface area contributed by atoms with Crippen molar-refractivity contribution >= 4 is 15.9 Å². The largest absolute Gasteiger partial charge is 0.454 e. The summed E-state index contributed by atoms with van der Waals surface area (Å²) >= 11 is 0. The Morgan fingerprint density at radius 3 is 2.52 bits per heavy atom. The van der Waals surface area contributed by atoms with Gasteiger partial charge in [0.15, 0.2) is 17.5 Å². The van der Waals surface area contributed by atoms with E-state index in [1.807, 2.05) is 30.4 Å². The van der Waals surface area contributed by atoms with E-state index in [0.717, 1.165) is 11.1 Å². The fourth-order valence-corrected chi connectivity index (χ4v) is 3.15. The van der Waals surface area contributed by atoms with E-state index in [1.54, 1.807) is 12.1 Å². The predicted molar refractivity (Wildman–Crippen MR) is 97.3 cm³/mol. The van der Waals surface area contributed by atoms with Gasteiger partial charge in [-0.15, -0.1) is 0 Å². The zero-order chi connectivity index (χ0) is 19.4. The minimum Gasteiger partial charge on any atom is -0.454 e. The summed E-state index contributed by atoms with van der Waals surface area (Å²) in [6.45, 7) is 2.98. The topological polar surface area (TPSA) is 124 Å². The lowest BCUT2D eigenvalue weighted by Crippen LogP contribution is -2.90. The van der Waals surface area contributed by atoms with Crippen molar-refractivity contribution in [3.8, 4) is 11.5 Å². The third-order valence-electron chi connectivity index (χ3n) is 4.28. The number of nitrogens with one attached hydrogen (secondary N) is 1. The van der Waals surface area contributed by atoms with Crippen LogP contribution in [0.25, 0.3) is 0 Å². The standard InChI is InChI=1S/C18H21N3O5S/c1-12(20-9-13-2-5-15(6-3-13)27(19,23)24)18(22)21-10-14-4-7-16-17(8-14)26-11-25-16/h2-8,12,20H,9-11H2,1H3,(H,21,22)(H2,19,23,24)/p+1/t12-/m1/s1. The van der Waals surface area contributed by atoms with Gasteiger partial charge in [-0.25, -0.2) is 13.6 Å². The van der Waals surface area contributed by atoms with E-state index in [-0.39, 0.29) is 23.6 Å². The molecule has 0 aromatic heterocycles. The Bertz CT molecular complexity index is 929. The molecule has 1 heterocycles. The maximum atomic E-state index is 12.3. The lowest BCUT2D eigenvalue weighted by Gasteiger charge is -2.12. The zero-order valence-electron chi connectivity index (χ0n) is 14.8. The Balaban J connectivity index is 1.47. The molecule has 1 atom stereocenters. The number of nitrogens with two attached hydrogens (primary N) is 2. The third-order valence-corrected chi connectivity index (χ3v) is 5.21. The van der Waals surface area contributed by atoms with Crippen LogP contribution in [0.2, 0.25) is 0 Å². The second kappa shape index (κ2) is 7.95. The lowest BCUT2D eigenvalue weighted by atomic mass is 10.2. The van der Waals surface area contributed by atoms with E-state index >= 15 is 0 Å². The quantitative estimate of drug-likeness (QED) is 0.603. The number of carbonyl (C=O) groups excluding carboxylic acids is 1. The molecule has 8 nitrogen and oxygen atoms in total. The van der Waals surface area contributed by atoms with E-state index in [1.165, 1.54) is 12.1 Å². The van der Waals surface area contributed by atoms with Gasteiger partial charge in [0.1, 0.15) is 6.54 Å². The number of primary sulfonamides is 1. The van der Waals surface area contributed by atoms with Gasteiger partial charge in [0.25, 0.3) is 5.91 Å². The summed E-state index contributed by atoms with van der Waals surface area (Å²) in [7, 11) is -3.69. The van der Waals surface area contributed by atoms with Crippen LogP contribution in [-0.2, 0) is 27.9 Å². The smallest absolute Gasteiger partial charge is 0.278 e. The van der Waals surface area contributed by atoms with Crippen molar-refractivity contribution in [1.82, 2.24) is 5.32 Å². The van der Waals surface area contributed by atoms with Crippen LogP contribution < -0.4 is 25.2 Å². The first-order valence-corrected chi connectivity index (χ1v) is 9.99. The highest BCUT2D eigenvalue weighted by Crippen LogP contribution is 2.32. The van der Waals surface area contributed by atoms with Crippen molar-refractivity contribution in [1.29, 1.82) is 0 Å². The first-order chi connectivity index (χ1) is 12.8. The molecule has 0 radical (unpaired) electrons. The number of quaternary nitrogens is 1. The zero-order valence-corrected chi connectivity index (χ0v) is 15.7. The molecule has 2 aromatic carbocycles. The number of sulfonamides is 1. The maximum Gasteiger partial charge on any atom is 0.278 e. The SMILES string of the molecule is C[C@@H]([NH2+]Cc1ccc(S(N)(=O)=O)cc1)C(=O)NCc1ccc2c(c1)OCO2. The van der Waals surface area contributed by atoms with E-state index < -0.39 is 10.0 Å². The Morgan fingerprint density at radius 1 is 1.15 bits per heavy atom. The molecule has 9 heteroatoms. The highest BCUT2D eigenvalue weighted by Gasteiger charge is 2.17. The lowest BCUT2D eigenvalue weighted by molar-refractivity contribution is -0.689. The van der Waals surface area contributed by atoms with Gasteiger partial charge in [-0.2, -0.15) is 0 Å². The summed E-state index contributed by atoms with van der Waals surface area (Å²) < 4.78 is 33.1. The number of carbonyl (C=O) groups is 1. The second-order valence-electron chi connectivity index (χ2n) is 6.32. The van der Waals surface area contributed by atoms with E-state index in [2.05, 4.69) is 5.32 Å². The molecule has 0 spiro atoms. The molecular weight excluding hydrogens is 370 g/mol. The molecule has 0 saturated carbocycles. The molecule has 0 saturated heterocycles. The summed E-state index contributed by atoms with van der Waals surface area (Å²) in [5.41, 5.74) is 1.83. The molecule has 1 amide bonds. The molecule has 1 aliphatic rings. The van der Waals surface area contributed by atoms with E-state index in [4.69, 9.17) is 14.6 Å². The van der Waals surface area contributed by atoms with Crippen molar-refractivity contribution in [2.24, 2.45) is 5.14 Å². The molecule has 5 N–H and O–H groups in total. The minimum atomic E-state index is -3.69. The highest BCUT2D eigenvalue weighted by molar-refractivity contribution is 7.89. The molecule has 2 aromatic rings. The molecule has 1 aliphatic heterocycles. The van der Waals surface area contributed by atoms with Gasteiger partial charge < -0.3 is 20.1 Å². The van der Waals surface area contributed by atoms with Crippen LogP contribution >= 0.6 is 0 Å². The van der Waals surface area contributed by atoms with Crippen LogP contribution in [0.1, 0.15) is 18.1 Å². The Labute approximate surface area is 157 Å². The van der Waals surface area contributed by atoms with Gasteiger partial charge in [-0.3, -0.25) is 4.79 Å². The summed E-state index contributed by atoms with van der Waals surface area (Å²) in [6, 6.07) is 11.6. The Hall–Kier alpha value is -2.62. The van der Waals surface area contributed by atoms with Crippen LogP contribution in [0.5, 0.6) is 11.5 Å². The molecule has 0 bridgehead atoms. The normalized spacial score (nSPS) is 14.0. The van der Waals surface area contributed by atoms with Crippen LogP contribution in [0.15, 0.2) is 47.4 Å². The summed E-state index contributed by atoms with van der Waals surface area (Å²) in [5.74, 6) is 1.30. The van der Waals surface area contributed by atoms with Gasteiger partial charge >= 0.3 is 0 Å². The monoisotopic (exact) mass is 392 g/mol. The average molecular weight is 392 g/mol. The van der Waals surface area contributed by atoms with Gasteiger partial charge in [0, 0.05) is 12.1 Å². The van der Waals surface area contributed by atoms with Gasteiger partial charge in [-0.1, -0.05) is 18.2 Å². The van der Waals surface area contributed by atoms with Crippen molar-refractivity contribution in [3.05, 3.63) is 53.6 Å². The average Bonchev–Trinajstić information content (AvgIpc) is 3.11. The third kappa shape index (κ3) is 4.97. The number of rotatable bonds is 7. The van der Waals surface area contributed by atoms with Gasteiger partial charge in [0.2, 0.25) is 16.8 Å². The minimum absolute atomic E-state index is 0.0702. The number of hydrogen-bond acceptors (Lipinski definition) is 5. The maximum absolute atomic E-state index is 12.3. The summed E-state index contributed by atoms with van der Waals surface area (Å²) in [5, 5.41) is 9.85. The summed E-state index contributed by atoms with van der Waals surface area (Å²) in [4.78, 5) is 12.3. The van der Waals surface area contributed by atoms with Gasteiger partial charge in [-0.05, 0) is 36.8 Å². The molecule has 0 unspecified atom stereocenters. The van der Waals surface area contributed by atoms with Crippen molar-refractivity contribution < 1.29 is 28.0 Å². The fourth-order valence-electron chi connectivity index (χ4n) is 2.64. The molecular formula is C18H22N3O5S+. The van der Waals surface area contributed by atoms with Crippen LogP contribution in [-0.4, -0.2) is 27.2 Å². The fraction of sp³-hybridized carbons (Fsp3) is 0.278. The van der Waals surface area contributed by atoms with E-state index in [0.29, 0.717) is 24.6 Å². The second-order valence-corrected chi connectivity index (χ2v) is 7.88. The number of amides is 1. The van der Waals surface area contributed by atoms with Crippen molar-refractivity contribution in [3.63, 3.8) is 0 Å². The first kappa shape index (κ1) is 19.2. The number of fused-ring (bicyclic) bond motifs is 1. The highest BCUT2D eigenvalue weighted by atomic mass is 32.2. The molecule has 27 heavy (non-hydrogen) atoms. The first-order valence-electron chi connectivity index (χ1n) is 8.44. The molecule has 3 rings (SSSR count). The predicted octanol–water partition coefficient (Wildman–Crippen LogP) is -0.169. The number of hydrogen-bond donors (Lipinski definition) is 3. The van der Waals surface area contributed by atoms with Crippen LogP contribution in [0.4, 0.5) is 0 Å². The Kier molecular flexibility index (Phi) is 5.64. The van der Waals surface area contributed by atoms with Crippen molar-refractivity contribution in [2.45, 2.75) is 31.0 Å². The number of benzene rings is 2. The van der Waals surface area contributed by atoms with Gasteiger partial charge in [0.05, 0.1) is 4.90 Å². The molecule has 144 valence electrons. The molecule has 0 fully saturated rings. The van der Waals surface area contributed by atoms with Crippen LogP contribution in [0.3, 0.4) is 0 Å². The Morgan fingerprint density at radius 2 is 1.81 bits per heavy atom. The van der Waals surface area contributed by atoms with Crippen LogP contribution in [0, 0.1) is 0 Å². The van der Waals surface area contributed by atoms with E-state index in [9.17, 15) is 13.2 Å². The number of ether oxygens (including phenoxy) is 2. The van der Waals surface area contributed by atoms with Crippen molar-refractivity contribution in [2.75, 3.05) is 6.79 Å². The summed E-state index contributed by atoms with van der Waals surface area (Å²) in [6.07, 6.45) is 0. The molecule has 0 aliphatic carbocycles.